The molecule has 0 unspecified atom stereocenters. The van der Waals surface area contributed by atoms with Crippen LogP contribution in [0.15, 0.2) is 76.5 Å². The summed E-state index contributed by atoms with van der Waals surface area (Å²) in [6.07, 6.45) is 0.209. The van der Waals surface area contributed by atoms with Crippen molar-refractivity contribution in [2.24, 2.45) is 0 Å². The van der Waals surface area contributed by atoms with Crippen LogP contribution in [0.3, 0.4) is 0 Å². The molecule has 0 bridgehead atoms. The van der Waals surface area contributed by atoms with E-state index in [4.69, 9.17) is 10.5 Å². The lowest BCUT2D eigenvalue weighted by Gasteiger charge is -2.15. The molecule has 3 aromatic carbocycles. The first-order valence-electron chi connectivity index (χ1n) is 8.42. The largest absolute Gasteiger partial charge is 0.497 e. The number of hydrogen-bond donors (Lipinski definition) is 2. The zero-order valence-electron chi connectivity index (χ0n) is 15.1. The monoisotopic (exact) mass is 397 g/mol. The van der Waals surface area contributed by atoms with Crippen LogP contribution in [0.5, 0.6) is 5.75 Å². The second-order valence-electron chi connectivity index (χ2n) is 6.15. The maximum Gasteiger partial charge on any atom is 0.336 e. The van der Waals surface area contributed by atoms with E-state index in [1.165, 1.54) is 31.4 Å². The summed E-state index contributed by atoms with van der Waals surface area (Å²) in [5.41, 5.74) is 7.21. The highest BCUT2D eigenvalue weighted by atomic mass is 32.2. The van der Waals surface area contributed by atoms with Crippen molar-refractivity contribution in [3.8, 4) is 5.75 Å². The highest BCUT2D eigenvalue weighted by molar-refractivity contribution is 7.91. The van der Waals surface area contributed by atoms with E-state index < -0.39 is 15.8 Å². The summed E-state index contributed by atoms with van der Waals surface area (Å²) < 4.78 is 31.2. The van der Waals surface area contributed by atoms with Gasteiger partial charge >= 0.3 is 5.97 Å². The minimum atomic E-state index is -3.93. The molecule has 0 saturated heterocycles. The maximum absolute atomic E-state index is 13.1. The summed E-state index contributed by atoms with van der Waals surface area (Å²) in [5, 5.41) is 9.52. The Morgan fingerprint density at radius 3 is 2.21 bits per heavy atom. The Morgan fingerprint density at radius 2 is 1.64 bits per heavy atom. The Balaban J connectivity index is 2.13. The molecule has 0 saturated carbocycles. The fraction of sp³-hybridized carbons (Fsp3) is 0.0952. The van der Waals surface area contributed by atoms with Crippen molar-refractivity contribution in [3.05, 3.63) is 83.4 Å². The Labute approximate surface area is 163 Å². The summed E-state index contributed by atoms with van der Waals surface area (Å²) >= 11 is 0. The Hall–Kier alpha value is -3.32. The van der Waals surface area contributed by atoms with Gasteiger partial charge in [0.25, 0.3) is 0 Å². The number of anilines is 1. The van der Waals surface area contributed by atoms with Crippen LogP contribution in [0.4, 0.5) is 5.69 Å². The molecule has 7 heteroatoms. The highest BCUT2D eigenvalue weighted by Gasteiger charge is 2.25. The van der Waals surface area contributed by atoms with Gasteiger partial charge in [-0.05, 0) is 47.5 Å². The second-order valence-corrected chi connectivity index (χ2v) is 8.07. The van der Waals surface area contributed by atoms with Crippen LogP contribution < -0.4 is 10.5 Å². The molecule has 0 aliphatic rings. The number of benzene rings is 3. The topological polar surface area (TPSA) is 107 Å². The normalized spacial score (nSPS) is 11.2. The maximum atomic E-state index is 13.1. The van der Waals surface area contributed by atoms with Crippen molar-refractivity contribution in [1.29, 1.82) is 0 Å². The molecule has 28 heavy (non-hydrogen) atoms. The van der Waals surface area contributed by atoms with E-state index in [1.54, 1.807) is 12.1 Å². The van der Waals surface area contributed by atoms with E-state index >= 15 is 0 Å². The van der Waals surface area contributed by atoms with Crippen molar-refractivity contribution in [2.75, 3.05) is 12.8 Å². The molecule has 0 fully saturated rings. The standard InChI is InChI=1S/C21H19NO5S/c1-27-15-7-9-16(10-8-15)28(25,26)19-12-11-17(21(23)24)18(20(19)22)13-14-5-3-2-4-6-14/h2-12H,13,22H2,1H3,(H,23,24). The third-order valence-electron chi connectivity index (χ3n) is 4.43. The smallest absolute Gasteiger partial charge is 0.336 e. The fourth-order valence-electron chi connectivity index (χ4n) is 2.95. The zero-order chi connectivity index (χ0) is 20.3. The molecule has 3 aromatic rings. The van der Waals surface area contributed by atoms with Crippen LogP contribution in [-0.4, -0.2) is 26.6 Å². The van der Waals surface area contributed by atoms with Gasteiger partial charge in [0.05, 0.1) is 28.2 Å². The molecule has 0 amide bonds. The van der Waals surface area contributed by atoms with Crippen molar-refractivity contribution >= 4 is 21.5 Å². The zero-order valence-corrected chi connectivity index (χ0v) is 15.9. The number of rotatable bonds is 6. The van der Waals surface area contributed by atoms with Gasteiger partial charge in [0.1, 0.15) is 5.75 Å². The molecule has 0 atom stereocenters. The number of carboxylic acid groups (broad SMARTS) is 1. The first-order chi connectivity index (χ1) is 13.3. The molecule has 3 rings (SSSR count). The van der Waals surface area contributed by atoms with E-state index in [-0.39, 0.29) is 33.0 Å². The lowest BCUT2D eigenvalue weighted by molar-refractivity contribution is 0.0696. The molecular formula is C21H19NO5S. The predicted octanol–water partition coefficient (Wildman–Crippen LogP) is 3.40. The van der Waals surface area contributed by atoms with E-state index in [2.05, 4.69) is 0 Å². The van der Waals surface area contributed by atoms with Crippen molar-refractivity contribution in [1.82, 2.24) is 0 Å². The SMILES string of the molecule is COc1ccc(S(=O)(=O)c2ccc(C(=O)O)c(Cc3ccccc3)c2N)cc1. The van der Waals surface area contributed by atoms with Crippen molar-refractivity contribution in [3.63, 3.8) is 0 Å². The van der Waals surface area contributed by atoms with Crippen LogP contribution in [0.1, 0.15) is 21.5 Å². The van der Waals surface area contributed by atoms with E-state index in [1.807, 2.05) is 30.3 Å². The van der Waals surface area contributed by atoms with Gasteiger partial charge in [0.15, 0.2) is 0 Å². The number of sulfone groups is 1. The molecule has 6 nitrogen and oxygen atoms in total. The predicted molar refractivity (Wildman–Crippen MR) is 106 cm³/mol. The molecule has 3 N–H and O–H groups in total. The van der Waals surface area contributed by atoms with Crippen LogP contribution in [0, 0.1) is 0 Å². The number of nitrogens with two attached hydrogens (primary N) is 1. The van der Waals surface area contributed by atoms with Gasteiger partial charge < -0.3 is 15.6 Å². The lowest BCUT2D eigenvalue weighted by Crippen LogP contribution is -2.12. The van der Waals surface area contributed by atoms with Gasteiger partial charge in [-0.2, -0.15) is 0 Å². The summed E-state index contributed by atoms with van der Waals surface area (Å²) in [7, 11) is -2.44. The quantitative estimate of drug-likeness (QED) is 0.618. The highest BCUT2D eigenvalue weighted by Crippen LogP contribution is 2.32. The first kappa shape index (κ1) is 19.4. The summed E-state index contributed by atoms with van der Waals surface area (Å²) in [4.78, 5) is 11.6. The lowest BCUT2D eigenvalue weighted by atomic mass is 9.98. The molecule has 0 aromatic heterocycles. The number of nitrogen functional groups attached to an aromatic ring is 1. The second kappa shape index (κ2) is 7.74. The number of carbonyl (C=O) groups is 1. The Morgan fingerprint density at radius 1 is 1.00 bits per heavy atom. The summed E-state index contributed by atoms with van der Waals surface area (Å²) in [5.74, 6) is -0.635. The summed E-state index contributed by atoms with van der Waals surface area (Å²) in [6, 6.07) is 17.6. The van der Waals surface area contributed by atoms with Gasteiger partial charge in [-0.3, -0.25) is 0 Å². The molecule has 0 heterocycles. The number of ether oxygens (including phenoxy) is 1. The minimum Gasteiger partial charge on any atom is -0.497 e. The molecular weight excluding hydrogens is 378 g/mol. The Kier molecular flexibility index (Phi) is 5.37. The molecule has 0 spiro atoms. The molecule has 144 valence electrons. The van der Waals surface area contributed by atoms with Gasteiger partial charge in [0, 0.05) is 6.42 Å². The van der Waals surface area contributed by atoms with Crippen molar-refractivity contribution in [2.45, 2.75) is 16.2 Å². The first-order valence-corrected chi connectivity index (χ1v) is 9.90. The minimum absolute atomic E-state index is 0.0185. The molecule has 0 aliphatic heterocycles. The molecule has 0 aliphatic carbocycles. The van der Waals surface area contributed by atoms with Gasteiger partial charge in [0.2, 0.25) is 9.84 Å². The van der Waals surface area contributed by atoms with Crippen LogP contribution >= 0.6 is 0 Å². The fourth-order valence-corrected chi connectivity index (χ4v) is 4.36. The number of methoxy groups -OCH3 is 1. The van der Waals surface area contributed by atoms with Crippen LogP contribution in [-0.2, 0) is 16.3 Å². The van der Waals surface area contributed by atoms with Gasteiger partial charge in [-0.15, -0.1) is 0 Å². The Bertz CT molecular complexity index is 1110. The van der Waals surface area contributed by atoms with E-state index in [0.717, 1.165) is 5.56 Å². The average molecular weight is 397 g/mol. The third kappa shape index (κ3) is 3.70. The van der Waals surface area contributed by atoms with E-state index in [0.29, 0.717) is 5.75 Å². The summed E-state index contributed by atoms with van der Waals surface area (Å²) in [6.45, 7) is 0. The van der Waals surface area contributed by atoms with Crippen LogP contribution in [0.2, 0.25) is 0 Å². The molecule has 0 radical (unpaired) electrons. The average Bonchev–Trinajstić information content (AvgIpc) is 2.70. The van der Waals surface area contributed by atoms with Crippen LogP contribution in [0.25, 0.3) is 0 Å². The van der Waals surface area contributed by atoms with E-state index in [9.17, 15) is 18.3 Å². The van der Waals surface area contributed by atoms with Crippen molar-refractivity contribution < 1.29 is 23.1 Å². The van der Waals surface area contributed by atoms with Gasteiger partial charge in [-0.25, -0.2) is 13.2 Å². The van der Waals surface area contributed by atoms with Gasteiger partial charge in [-0.1, -0.05) is 30.3 Å². The number of carboxylic acids is 1. The third-order valence-corrected chi connectivity index (χ3v) is 6.26. The number of hydrogen-bond acceptors (Lipinski definition) is 5. The number of aromatic carboxylic acids is 1.